The predicted octanol–water partition coefficient (Wildman–Crippen LogP) is 0.589. The zero-order chi connectivity index (χ0) is 14.2. The molecule has 0 unspecified atom stereocenters. The Morgan fingerprint density at radius 1 is 1.20 bits per heavy atom. The van der Waals surface area contributed by atoms with Gasteiger partial charge in [-0.1, -0.05) is 0 Å². The largest absolute Gasteiger partial charge is 0.433 e. The zero-order valence-corrected chi connectivity index (χ0v) is 10.9. The fourth-order valence-corrected chi connectivity index (χ4v) is 2.56. The molecule has 2 fully saturated rings. The van der Waals surface area contributed by atoms with Gasteiger partial charge in [-0.2, -0.15) is 13.2 Å². The third-order valence-electron chi connectivity index (χ3n) is 3.75. The van der Waals surface area contributed by atoms with E-state index in [1.165, 1.54) is 6.20 Å². The Labute approximate surface area is 114 Å². The molecule has 0 aliphatic carbocycles. The number of hydrogen-bond acceptors (Lipinski definition) is 5. The van der Waals surface area contributed by atoms with Gasteiger partial charge >= 0.3 is 6.18 Å². The molecule has 1 N–H and O–H groups in total. The van der Waals surface area contributed by atoms with Crippen LogP contribution in [0.3, 0.4) is 0 Å². The van der Waals surface area contributed by atoms with E-state index in [0.717, 1.165) is 32.2 Å². The molecule has 0 saturated carbocycles. The molecule has 110 valence electrons. The average Bonchev–Trinajstić information content (AvgIpc) is 2.38. The number of halogens is 3. The normalized spacial score (nSPS) is 21.9. The summed E-state index contributed by atoms with van der Waals surface area (Å²) in [6, 6.07) is 1.30. The van der Waals surface area contributed by atoms with Crippen molar-refractivity contribution in [2.45, 2.75) is 12.2 Å². The Hall–Kier alpha value is -1.41. The minimum Gasteiger partial charge on any atom is -0.338 e. The minimum atomic E-state index is -4.42. The van der Waals surface area contributed by atoms with Crippen LogP contribution in [0.2, 0.25) is 0 Å². The minimum absolute atomic E-state index is 0.172. The molecule has 1 aromatic rings. The van der Waals surface area contributed by atoms with Gasteiger partial charge in [0.1, 0.15) is 5.69 Å². The Kier molecular flexibility index (Phi) is 3.51. The number of piperazine rings is 1. The van der Waals surface area contributed by atoms with E-state index in [1.54, 1.807) is 4.90 Å². The summed E-state index contributed by atoms with van der Waals surface area (Å²) in [7, 11) is 0. The van der Waals surface area contributed by atoms with Crippen LogP contribution in [0, 0.1) is 0 Å². The number of nitrogens with one attached hydrogen (secondary N) is 1. The van der Waals surface area contributed by atoms with E-state index in [1.807, 2.05) is 0 Å². The second kappa shape index (κ2) is 5.17. The average molecular weight is 287 g/mol. The van der Waals surface area contributed by atoms with E-state index in [9.17, 15) is 13.2 Å². The Morgan fingerprint density at radius 3 is 2.55 bits per heavy atom. The Morgan fingerprint density at radius 2 is 1.90 bits per heavy atom. The van der Waals surface area contributed by atoms with Crippen molar-refractivity contribution in [3.63, 3.8) is 0 Å². The third kappa shape index (κ3) is 2.71. The molecule has 0 spiro atoms. The van der Waals surface area contributed by atoms with E-state index >= 15 is 0 Å². The second-order valence-corrected chi connectivity index (χ2v) is 5.08. The van der Waals surface area contributed by atoms with Crippen LogP contribution in [0.25, 0.3) is 0 Å². The van der Waals surface area contributed by atoms with Crippen molar-refractivity contribution >= 4 is 5.95 Å². The van der Waals surface area contributed by atoms with Crippen LogP contribution >= 0.6 is 0 Å². The molecule has 3 rings (SSSR count). The summed E-state index contributed by atoms with van der Waals surface area (Å²) >= 11 is 0. The first kappa shape index (κ1) is 13.6. The van der Waals surface area contributed by atoms with Crippen molar-refractivity contribution in [3.8, 4) is 0 Å². The highest BCUT2D eigenvalue weighted by Crippen LogP contribution is 2.29. The van der Waals surface area contributed by atoms with Crippen LogP contribution in [0.15, 0.2) is 12.3 Å². The monoisotopic (exact) mass is 287 g/mol. The fraction of sp³-hybridized carbons (Fsp3) is 0.667. The van der Waals surface area contributed by atoms with Crippen molar-refractivity contribution in [2.75, 3.05) is 44.2 Å². The van der Waals surface area contributed by atoms with Gasteiger partial charge in [-0.05, 0) is 6.07 Å². The summed E-state index contributed by atoms with van der Waals surface area (Å²) in [5.41, 5.74) is -0.881. The highest BCUT2D eigenvalue weighted by atomic mass is 19.4. The van der Waals surface area contributed by atoms with Crippen LogP contribution in [0.5, 0.6) is 0 Å². The fourth-order valence-electron chi connectivity index (χ4n) is 2.56. The lowest BCUT2D eigenvalue weighted by atomic mass is 10.1. The zero-order valence-electron chi connectivity index (χ0n) is 10.9. The molecular formula is C12H16F3N5. The molecule has 0 radical (unpaired) electrons. The number of nitrogens with zero attached hydrogens (tertiary/aromatic N) is 4. The molecule has 5 nitrogen and oxygen atoms in total. The quantitative estimate of drug-likeness (QED) is 0.862. The van der Waals surface area contributed by atoms with Crippen LogP contribution in [0.1, 0.15) is 5.69 Å². The van der Waals surface area contributed by atoms with E-state index in [0.29, 0.717) is 19.1 Å². The molecule has 0 atom stereocenters. The molecule has 2 saturated heterocycles. The predicted molar refractivity (Wildman–Crippen MR) is 67.5 cm³/mol. The third-order valence-corrected chi connectivity index (χ3v) is 3.75. The van der Waals surface area contributed by atoms with Crippen LogP contribution < -0.4 is 10.2 Å². The second-order valence-electron chi connectivity index (χ2n) is 5.08. The summed E-state index contributed by atoms with van der Waals surface area (Å²) < 4.78 is 37.8. The lowest BCUT2D eigenvalue weighted by molar-refractivity contribution is -0.141. The van der Waals surface area contributed by atoms with E-state index < -0.39 is 11.9 Å². The smallest absolute Gasteiger partial charge is 0.338 e. The molecule has 1 aromatic heterocycles. The Balaban J connectivity index is 1.62. The van der Waals surface area contributed by atoms with Crippen LogP contribution in [-0.2, 0) is 6.18 Å². The van der Waals surface area contributed by atoms with Gasteiger partial charge in [0.05, 0.1) is 0 Å². The number of hydrogen-bond donors (Lipinski definition) is 1. The number of anilines is 1. The molecular weight excluding hydrogens is 271 g/mol. The summed E-state index contributed by atoms with van der Waals surface area (Å²) in [4.78, 5) is 11.7. The topological polar surface area (TPSA) is 44.3 Å². The summed E-state index contributed by atoms with van der Waals surface area (Å²) in [6.07, 6.45) is -3.25. The summed E-state index contributed by atoms with van der Waals surface area (Å²) in [5, 5.41) is 3.28. The molecule has 0 amide bonds. The molecule has 2 aliphatic heterocycles. The van der Waals surface area contributed by atoms with E-state index in [-0.39, 0.29) is 5.95 Å². The molecule has 2 aliphatic rings. The van der Waals surface area contributed by atoms with Crippen LogP contribution in [-0.4, -0.2) is 60.2 Å². The van der Waals surface area contributed by atoms with Crippen molar-refractivity contribution < 1.29 is 13.2 Å². The maximum atomic E-state index is 12.6. The number of rotatable bonds is 2. The standard InChI is InChI=1S/C12H16F3N5/c13-12(14,15)10-1-2-17-11(18-10)20-7-9(8-20)19-5-3-16-4-6-19/h1-2,9,16H,3-8H2. The van der Waals surface area contributed by atoms with Gasteiger partial charge < -0.3 is 10.2 Å². The van der Waals surface area contributed by atoms with Gasteiger partial charge in [0, 0.05) is 51.5 Å². The van der Waals surface area contributed by atoms with E-state index in [2.05, 4.69) is 20.2 Å². The van der Waals surface area contributed by atoms with Crippen molar-refractivity contribution in [3.05, 3.63) is 18.0 Å². The number of aromatic nitrogens is 2. The lowest BCUT2D eigenvalue weighted by Gasteiger charge is -2.46. The maximum absolute atomic E-state index is 12.6. The summed E-state index contributed by atoms with van der Waals surface area (Å²) in [5.74, 6) is 0.172. The molecule has 3 heterocycles. The van der Waals surface area contributed by atoms with Gasteiger partial charge in [-0.25, -0.2) is 9.97 Å². The van der Waals surface area contributed by atoms with Crippen molar-refractivity contribution in [2.24, 2.45) is 0 Å². The first-order chi connectivity index (χ1) is 9.54. The molecule has 8 heteroatoms. The SMILES string of the molecule is FC(F)(F)c1ccnc(N2CC(N3CCNCC3)C2)n1. The van der Waals surface area contributed by atoms with E-state index in [4.69, 9.17) is 0 Å². The molecule has 0 aromatic carbocycles. The van der Waals surface area contributed by atoms with Crippen LogP contribution in [0.4, 0.5) is 19.1 Å². The molecule has 20 heavy (non-hydrogen) atoms. The van der Waals surface area contributed by atoms with Gasteiger partial charge in [0.2, 0.25) is 5.95 Å². The van der Waals surface area contributed by atoms with Gasteiger partial charge in [0.25, 0.3) is 0 Å². The summed E-state index contributed by atoms with van der Waals surface area (Å²) in [6.45, 7) is 5.31. The lowest BCUT2D eigenvalue weighted by Crippen LogP contribution is -2.63. The maximum Gasteiger partial charge on any atom is 0.433 e. The highest BCUT2D eigenvalue weighted by molar-refractivity contribution is 5.36. The molecule has 0 bridgehead atoms. The highest BCUT2D eigenvalue weighted by Gasteiger charge is 2.36. The van der Waals surface area contributed by atoms with Crippen molar-refractivity contribution in [1.29, 1.82) is 0 Å². The first-order valence-corrected chi connectivity index (χ1v) is 6.64. The van der Waals surface area contributed by atoms with Gasteiger partial charge in [-0.15, -0.1) is 0 Å². The van der Waals surface area contributed by atoms with Crippen molar-refractivity contribution in [1.82, 2.24) is 20.2 Å². The number of alkyl halides is 3. The first-order valence-electron chi connectivity index (χ1n) is 6.64. The van der Waals surface area contributed by atoms with Gasteiger partial charge in [0.15, 0.2) is 0 Å². The Bertz CT molecular complexity index is 466. The van der Waals surface area contributed by atoms with Gasteiger partial charge in [-0.3, -0.25) is 4.90 Å².